The van der Waals surface area contributed by atoms with Crippen LogP contribution in [0.15, 0.2) is 24.3 Å². The van der Waals surface area contributed by atoms with Crippen molar-refractivity contribution in [2.45, 2.75) is 27.2 Å². The number of hydrogen-bond acceptors (Lipinski definition) is 3. The maximum Gasteiger partial charge on any atom is 0.263 e. The zero-order chi connectivity index (χ0) is 15.4. The van der Waals surface area contributed by atoms with Gasteiger partial charge in [-0.3, -0.25) is 4.79 Å². The van der Waals surface area contributed by atoms with Gasteiger partial charge in [-0.15, -0.1) is 11.3 Å². The van der Waals surface area contributed by atoms with E-state index in [-0.39, 0.29) is 11.7 Å². The van der Waals surface area contributed by atoms with Crippen molar-refractivity contribution in [1.82, 2.24) is 10.3 Å². The summed E-state index contributed by atoms with van der Waals surface area (Å²) in [6.45, 7) is 6.73. The minimum atomic E-state index is -0.279. The molecule has 0 aliphatic rings. The number of nitrogens with one attached hydrogen (secondary N) is 1. The summed E-state index contributed by atoms with van der Waals surface area (Å²) < 4.78 is 12.9. The number of benzene rings is 1. The fourth-order valence-corrected chi connectivity index (χ4v) is 2.87. The molecule has 3 nitrogen and oxygen atoms in total. The van der Waals surface area contributed by atoms with Crippen molar-refractivity contribution in [3.8, 4) is 10.6 Å². The van der Waals surface area contributed by atoms with Crippen LogP contribution in [0.1, 0.15) is 35.6 Å². The molecule has 1 heterocycles. The van der Waals surface area contributed by atoms with Crippen molar-refractivity contribution >= 4 is 17.2 Å². The Labute approximate surface area is 128 Å². The van der Waals surface area contributed by atoms with E-state index in [1.807, 2.05) is 6.92 Å². The zero-order valence-electron chi connectivity index (χ0n) is 12.4. The number of amides is 1. The van der Waals surface area contributed by atoms with E-state index in [2.05, 4.69) is 24.1 Å². The number of nitrogens with zero attached hydrogens (tertiary/aromatic N) is 1. The maximum absolute atomic E-state index is 12.9. The summed E-state index contributed by atoms with van der Waals surface area (Å²) >= 11 is 1.34. The lowest BCUT2D eigenvalue weighted by Crippen LogP contribution is -2.25. The molecule has 0 aliphatic heterocycles. The van der Waals surface area contributed by atoms with Gasteiger partial charge in [0.25, 0.3) is 5.91 Å². The van der Waals surface area contributed by atoms with E-state index in [0.717, 1.165) is 17.0 Å². The predicted molar refractivity (Wildman–Crippen MR) is 84.0 cm³/mol. The summed E-state index contributed by atoms with van der Waals surface area (Å²) in [7, 11) is 0. The first-order chi connectivity index (χ1) is 9.97. The smallest absolute Gasteiger partial charge is 0.263 e. The SMILES string of the molecule is Cc1nc(-c2ccc(F)cc2)sc1C(=O)NCCC(C)C. The number of hydrogen-bond donors (Lipinski definition) is 1. The lowest BCUT2D eigenvalue weighted by Gasteiger charge is -2.05. The monoisotopic (exact) mass is 306 g/mol. The molecule has 112 valence electrons. The Bertz CT molecular complexity index is 620. The minimum absolute atomic E-state index is 0.0842. The first kappa shape index (κ1) is 15.6. The van der Waals surface area contributed by atoms with Crippen LogP contribution in [0.2, 0.25) is 0 Å². The molecular formula is C16H19FN2OS. The highest BCUT2D eigenvalue weighted by Crippen LogP contribution is 2.28. The number of carbonyl (C=O) groups excluding carboxylic acids is 1. The third-order valence-electron chi connectivity index (χ3n) is 3.10. The first-order valence-corrected chi connectivity index (χ1v) is 7.80. The van der Waals surface area contributed by atoms with Crippen molar-refractivity contribution < 1.29 is 9.18 Å². The van der Waals surface area contributed by atoms with Gasteiger partial charge in [-0.2, -0.15) is 0 Å². The van der Waals surface area contributed by atoms with E-state index in [4.69, 9.17) is 0 Å². The number of carbonyl (C=O) groups is 1. The molecule has 0 unspecified atom stereocenters. The summed E-state index contributed by atoms with van der Waals surface area (Å²) in [6.07, 6.45) is 0.953. The Morgan fingerprint density at radius 3 is 2.62 bits per heavy atom. The quantitative estimate of drug-likeness (QED) is 0.906. The molecule has 1 amide bonds. The van der Waals surface area contributed by atoms with Crippen molar-refractivity contribution in [2.75, 3.05) is 6.54 Å². The van der Waals surface area contributed by atoms with Crippen molar-refractivity contribution in [3.05, 3.63) is 40.7 Å². The van der Waals surface area contributed by atoms with Crippen molar-refractivity contribution in [3.63, 3.8) is 0 Å². The summed E-state index contributed by atoms with van der Waals surface area (Å²) in [5, 5.41) is 3.65. The first-order valence-electron chi connectivity index (χ1n) is 6.99. The van der Waals surface area contributed by atoms with Crippen LogP contribution in [-0.4, -0.2) is 17.4 Å². The Morgan fingerprint density at radius 2 is 2.00 bits per heavy atom. The molecule has 0 aliphatic carbocycles. The van der Waals surface area contributed by atoms with E-state index < -0.39 is 0 Å². The number of aromatic nitrogens is 1. The van der Waals surface area contributed by atoms with Gasteiger partial charge in [0.1, 0.15) is 15.7 Å². The van der Waals surface area contributed by atoms with Gasteiger partial charge in [-0.25, -0.2) is 9.37 Å². The van der Waals surface area contributed by atoms with Crippen LogP contribution in [0, 0.1) is 18.7 Å². The Morgan fingerprint density at radius 1 is 1.33 bits per heavy atom. The summed E-state index contributed by atoms with van der Waals surface area (Å²) in [5.74, 6) is 0.195. The number of thiazole rings is 1. The molecule has 1 N–H and O–H groups in total. The molecule has 5 heteroatoms. The van der Waals surface area contributed by atoms with E-state index in [0.29, 0.717) is 23.0 Å². The predicted octanol–water partition coefficient (Wildman–Crippen LogP) is 4.03. The van der Waals surface area contributed by atoms with E-state index >= 15 is 0 Å². The van der Waals surface area contributed by atoms with Gasteiger partial charge in [0, 0.05) is 12.1 Å². The Balaban J connectivity index is 2.11. The third-order valence-corrected chi connectivity index (χ3v) is 4.31. The third kappa shape index (κ3) is 4.11. The van der Waals surface area contributed by atoms with Gasteiger partial charge in [-0.05, 0) is 43.5 Å². The number of aryl methyl sites for hydroxylation is 1. The fourth-order valence-electron chi connectivity index (χ4n) is 1.88. The maximum atomic E-state index is 12.9. The van der Waals surface area contributed by atoms with Crippen LogP contribution in [0.5, 0.6) is 0 Å². The fraction of sp³-hybridized carbons (Fsp3) is 0.375. The normalized spacial score (nSPS) is 10.9. The molecule has 1 aromatic carbocycles. The molecule has 0 spiro atoms. The molecule has 0 atom stereocenters. The summed E-state index contributed by atoms with van der Waals surface area (Å²) in [4.78, 5) is 17.2. The van der Waals surface area contributed by atoms with E-state index in [9.17, 15) is 9.18 Å². The second-order valence-corrected chi connectivity index (χ2v) is 6.38. The molecule has 2 aromatic rings. The second kappa shape index (κ2) is 6.80. The van der Waals surface area contributed by atoms with E-state index in [1.54, 1.807) is 12.1 Å². The number of rotatable bonds is 5. The molecule has 1 aromatic heterocycles. The van der Waals surface area contributed by atoms with Crippen LogP contribution in [0.4, 0.5) is 4.39 Å². The van der Waals surface area contributed by atoms with Crippen LogP contribution < -0.4 is 5.32 Å². The second-order valence-electron chi connectivity index (χ2n) is 5.38. The van der Waals surface area contributed by atoms with Crippen molar-refractivity contribution in [2.24, 2.45) is 5.92 Å². The standard InChI is InChI=1S/C16H19FN2OS/c1-10(2)8-9-18-15(20)14-11(3)19-16(21-14)12-4-6-13(17)7-5-12/h4-7,10H,8-9H2,1-3H3,(H,18,20). The van der Waals surface area contributed by atoms with Crippen molar-refractivity contribution in [1.29, 1.82) is 0 Å². The summed E-state index contributed by atoms with van der Waals surface area (Å²) in [6, 6.07) is 6.14. The largest absolute Gasteiger partial charge is 0.351 e. The van der Waals surface area contributed by atoms with Crippen LogP contribution in [0.3, 0.4) is 0 Å². The van der Waals surface area contributed by atoms with Crippen LogP contribution >= 0.6 is 11.3 Å². The average Bonchev–Trinajstić information content (AvgIpc) is 2.81. The van der Waals surface area contributed by atoms with Gasteiger partial charge in [0.05, 0.1) is 5.69 Å². The molecule has 0 fully saturated rings. The molecule has 0 saturated heterocycles. The Hall–Kier alpha value is -1.75. The highest BCUT2D eigenvalue weighted by molar-refractivity contribution is 7.17. The summed E-state index contributed by atoms with van der Waals surface area (Å²) in [5.41, 5.74) is 1.53. The lowest BCUT2D eigenvalue weighted by atomic mass is 10.1. The van der Waals surface area contributed by atoms with Gasteiger partial charge >= 0.3 is 0 Å². The zero-order valence-corrected chi connectivity index (χ0v) is 13.3. The molecular weight excluding hydrogens is 287 g/mol. The molecule has 21 heavy (non-hydrogen) atoms. The molecule has 2 rings (SSSR count). The lowest BCUT2D eigenvalue weighted by molar-refractivity contribution is 0.0955. The van der Waals surface area contributed by atoms with Gasteiger partial charge in [0.15, 0.2) is 0 Å². The van der Waals surface area contributed by atoms with E-state index in [1.165, 1.54) is 23.5 Å². The highest BCUT2D eigenvalue weighted by atomic mass is 32.1. The molecule has 0 saturated carbocycles. The topological polar surface area (TPSA) is 42.0 Å². The minimum Gasteiger partial charge on any atom is -0.351 e. The van der Waals surface area contributed by atoms with Gasteiger partial charge < -0.3 is 5.32 Å². The van der Waals surface area contributed by atoms with Gasteiger partial charge in [-0.1, -0.05) is 13.8 Å². The van der Waals surface area contributed by atoms with Gasteiger partial charge in [0.2, 0.25) is 0 Å². The number of halogens is 1. The molecule has 0 bridgehead atoms. The molecule has 0 radical (unpaired) electrons. The average molecular weight is 306 g/mol. The van der Waals surface area contributed by atoms with Crippen LogP contribution in [0.25, 0.3) is 10.6 Å². The highest BCUT2D eigenvalue weighted by Gasteiger charge is 2.16. The van der Waals surface area contributed by atoms with Crippen LogP contribution in [-0.2, 0) is 0 Å². The Kier molecular flexibility index (Phi) is 5.07.